The van der Waals surface area contributed by atoms with E-state index < -0.39 is 42.2 Å². The fraction of sp³-hybridized carbons (Fsp3) is 0.407. The summed E-state index contributed by atoms with van der Waals surface area (Å²) in [6, 6.07) is 8.61. The van der Waals surface area contributed by atoms with E-state index in [1.54, 1.807) is 19.1 Å². The number of anilines is 1. The summed E-state index contributed by atoms with van der Waals surface area (Å²) < 4.78 is 24.5. The number of hydrogen-bond donors (Lipinski definition) is 3. The standard InChI is InChI=1S/C27H31ClFN3O9.2Na/c1-2-40-22-10-21(31-26(38)27(39,11-23(33)34)12-24(35)36)20(28)9-19(22)25(37)30-13-18-15-32(7-8-41-18)14-16-3-5-17(29)6-4-16;;/h3-6,9-10,18,39H,2,7-8,11-15H2,1H3,(H,30,37)(H,31,38)(H,33,34)(H,35,36);;/q;2*+1/p-2. The van der Waals surface area contributed by atoms with Gasteiger partial charge in [0.05, 0.1) is 35.6 Å². The van der Waals surface area contributed by atoms with Crippen LogP contribution in [0.25, 0.3) is 0 Å². The van der Waals surface area contributed by atoms with Crippen LogP contribution in [0.4, 0.5) is 10.1 Å². The second-order valence-corrected chi connectivity index (χ2v) is 9.82. The van der Waals surface area contributed by atoms with E-state index in [9.17, 15) is 38.9 Å². The minimum absolute atomic E-state index is 0. The third kappa shape index (κ3) is 11.9. The third-order valence-electron chi connectivity index (χ3n) is 6.19. The van der Waals surface area contributed by atoms with Crippen LogP contribution in [0, 0.1) is 5.82 Å². The molecule has 1 unspecified atom stereocenters. The predicted octanol–water partition coefficient (Wildman–Crippen LogP) is -6.53. The van der Waals surface area contributed by atoms with Crippen LogP contribution in [-0.2, 0) is 25.7 Å². The van der Waals surface area contributed by atoms with Gasteiger partial charge in [0, 0.05) is 57.0 Å². The van der Waals surface area contributed by atoms with Crippen LogP contribution in [-0.4, -0.2) is 78.3 Å². The van der Waals surface area contributed by atoms with E-state index in [1.807, 2.05) is 0 Å². The van der Waals surface area contributed by atoms with E-state index in [0.29, 0.717) is 26.2 Å². The molecule has 0 bridgehead atoms. The maximum Gasteiger partial charge on any atom is 1.00 e. The van der Waals surface area contributed by atoms with Gasteiger partial charge < -0.3 is 45.0 Å². The minimum atomic E-state index is -2.88. The maximum absolute atomic E-state index is 13.2. The number of morpholine rings is 1. The quantitative estimate of drug-likeness (QED) is 0.178. The number of rotatable bonds is 13. The van der Waals surface area contributed by atoms with E-state index in [-0.39, 0.29) is 106 Å². The Kier molecular flexibility index (Phi) is 16.7. The van der Waals surface area contributed by atoms with Gasteiger partial charge >= 0.3 is 59.1 Å². The van der Waals surface area contributed by atoms with Gasteiger partial charge in [0.15, 0.2) is 5.60 Å². The molecule has 0 aromatic heterocycles. The van der Waals surface area contributed by atoms with Crippen LogP contribution in [0.3, 0.4) is 0 Å². The molecule has 43 heavy (non-hydrogen) atoms. The number of hydrogen-bond acceptors (Lipinski definition) is 10. The number of ether oxygens (including phenoxy) is 2. The predicted molar refractivity (Wildman–Crippen MR) is 139 cm³/mol. The van der Waals surface area contributed by atoms with Crippen molar-refractivity contribution in [3.05, 3.63) is 58.4 Å². The zero-order valence-corrected chi connectivity index (χ0v) is 28.9. The van der Waals surface area contributed by atoms with Crippen molar-refractivity contribution in [2.24, 2.45) is 0 Å². The molecule has 0 spiro atoms. The van der Waals surface area contributed by atoms with Crippen LogP contribution >= 0.6 is 11.6 Å². The molecule has 1 atom stereocenters. The van der Waals surface area contributed by atoms with Gasteiger partial charge in [-0.3, -0.25) is 14.5 Å². The number of aliphatic carboxylic acids is 2. The molecule has 222 valence electrons. The first-order chi connectivity index (χ1) is 19.4. The summed E-state index contributed by atoms with van der Waals surface area (Å²) in [4.78, 5) is 49.8. The summed E-state index contributed by atoms with van der Waals surface area (Å²) in [7, 11) is 0. The van der Waals surface area contributed by atoms with E-state index in [0.717, 1.165) is 5.56 Å². The number of aliphatic hydroxyl groups is 1. The van der Waals surface area contributed by atoms with Gasteiger partial charge in [-0.25, -0.2) is 4.39 Å². The number of carboxylic acids is 2. The van der Waals surface area contributed by atoms with Crippen molar-refractivity contribution < 1.29 is 107 Å². The van der Waals surface area contributed by atoms with Gasteiger partial charge in [0.25, 0.3) is 11.8 Å². The Labute approximate surface area is 296 Å². The molecule has 2 amide bonds. The number of benzene rings is 2. The molecular formula is C27H29ClFN3Na2O9. The zero-order valence-electron chi connectivity index (χ0n) is 24.1. The molecule has 0 aliphatic carbocycles. The van der Waals surface area contributed by atoms with Gasteiger partial charge in [0.2, 0.25) is 0 Å². The number of amides is 2. The molecule has 3 N–H and O–H groups in total. The molecule has 2 aromatic rings. The largest absolute Gasteiger partial charge is 1.00 e. The Morgan fingerprint density at radius 1 is 1.14 bits per heavy atom. The second kappa shape index (κ2) is 18.3. The summed E-state index contributed by atoms with van der Waals surface area (Å²) >= 11 is 6.26. The Balaban J connectivity index is 0.00000462. The SMILES string of the molecule is CCOc1cc(NC(=O)C(O)(CC(=O)[O-])CC(=O)[O-])c(Cl)cc1C(=O)NCC1CN(Cc2ccc(F)cc2)CCO1.[Na+].[Na+]. The fourth-order valence-corrected chi connectivity index (χ4v) is 4.45. The van der Waals surface area contributed by atoms with Crippen LogP contribution in [0.1, 0.15) is 35.7 Å². The molecule has 0 radical (unpaired) electrons. The first-order valence-corrected chi connectivity index (χ1v) is 13.0. The number of nitrogens with one attached hydrogen (secondary N) is 2. The Bertz CT molecular complexity index is 1270. The minimum Gasteiger partial charge on any atom is -0.550 e. The summed E-state index contributed by atoms with van der Waals surface area (Å²) in [5.41, 5.74) is -2.09. The van der Waals surface area contributed by atoms with E-state index in [4.69, 9.17) is 21.1 Å². The van der Waals surface area contributed by atoms with E-state index in [1.165, 1.54) is 24.3 Å². The van der Waals surface area contributed by atoms with Gasteiger partial charge in [-0.05, 0) is 30.7 Å². The van der Waals surface area contributed by atoms with Crippen molar-refractivity contribution in [1.29, 1.82) is 0 Å². The number of carbonyl (C=O) groups is 4. The Morgan fingerprint density at radius 2 is 1.77 bits per heavy atom. The molecular weight excluding hydrogens is 611 g/mol. The van der Waals surface area contributed by atoms with Crippen LogP contribution in [0.15, 0.2) is 36.4 Å². The zero-order chi connectivity index (χ0) is 30.2. The molecule has 16 heteroatoms. The van der Waals surface area contributed by atoms with Crippen LogP contribution < -0.4 is 84.7 Å². The molecule has 1 fully saturated rings. The summed E-state index contributed by atoms with van der Waals surface area (Å²) in [5, 5.41) is 37.1. The molecule has 1 heterocycles. The summed E-state index contributed by atoms with van der Waals surface area (Å²) in [6.07, 6.45) is -2.95. The van der Waals surface area contributed by atoms with Crippen molar-refractivity contribution in [2.45, 2.75) is 38.0 Å². The van der Waals surface area contributed by atoms with Gasteiger partial charge in [0.1, 0.15) is 11.6 Å². The van der Waals surface area contributed by atoms with Crippen molar-refractivity contribution in [2.75, 3.05) is 38.2 Å². The number of carboxylic acid groups (broad SMARTS) is 2. The number of halogens is 2. The molecule has 1 aliphatic rings. The van der Waals surface area contributed by atoms with Crippen molar-refractivity contribution in [3.63, 3.8) is 0 Å². The smallest absolute Gasteiger partial charge is 0.550 e. The Morgan fingerprint density at radius 3 is 2.35 bits per heavy atom. The second-order valence-electron chi connectivity index (χ2n) is 9.41. The summed E-state index contributed by atoms with van der Waals surface area (Å²) in [6.45, 7) is 4.14. The molecule has 12 nitrogen and oxygen atoms in total. The third-order valence-corrected chi connectivity index (χ3v) is 6.50. The topological polar surface area (TPSA) is 180 Å². The molecule has 1 saturated heterocycles. The normalized spacial score (nSPS) is 14.9. The monoisotopic (exact) mass is 639 g/mol. The number of carbonyl (C=O) groups excluding carboxylic acids is 4. The number of nitrogens with zero attached hydrogens (tertiary/aromatic N) is 1. The van der Waals surface area contributed by atoms with Gasteiger partial charge in [-0.2, -0.15) is 0 Å². The Hall–Kier alpha value is -1.78. The molecule has 0 saturated carbocycles. The van der Waals surface area contributed by atoms with Crippen molar-refractivity contribution in [3.8, 4) is 5.75 Å². The molecule has 3 rings (SSSR count). The first-order valence-electron chi connectivity index (χ1n) is 12.7. The van der Waals surface area contributed by atoms with Gasteiger partial charge in [-0.1, -0.05) is 23.7 Å². The van der Waals surface area contributed by atoms with Gasteiger partial charge in [-0.15, -0.1) is 0 Å². The maximum atomic E-state index is 13.2. The van der Waals surface area contributed by atoms with Crippen LogP contribution in [0.5, 0.6) is 5.75 Å². The first kappa shape index (κ1) is 39.2. The summed E-state index contributed by atoms with van der Waals surface area (Å²) in [5.74, 6) is -5.97. The van der Waals surface area contributed by atoms with E-state index >= 15 is 0 Å². The fourth-order valence-electron chi connectivity index (χ4n) is 4.24. The molecule has 1 aliphatic heterocycles. The van der Waals surface area contributed by atoms with E-state index in [2.05, 4.69) is 15.5 Å². The van der Waals surface area contributed by atoms with Crippen LogP contribution in [0.2, 0.25) is 5.02 Å². The van der Waals surface area contributed by atoms with Crippen molar-refractivity contribution >= 4 is 41.0 Å². The average Bonchev–Trinajstić information content (AvgIpc) is 2.89. The average molecular weight is 640 g/mol. The van der Waals surface area contributed by atoms with Crippen molar-refractivity contribution in [1.82, 2.24) is 10.2 Å². The molecule has 2 aromatic carbocycles.